The number of carbonyl (C=O) groups excluding carboxylic acids is 1. The highest BCUT2D eigenvalue weighted by molar-refractivity contribution is 5.92. The molecule has 0 bridgehead atoms. The number of hydrogen-bond donors (Lipinski definition) is 1. The summed E-state index contributed by atoms with van der Waals surface area (Å²) in [6.07, 6.45) is 1.83. The number of fused-ring (bicyclic) bond motifs is 1. The Labute approximate surface area is 157 Å². The standard InChI is InChI=1S/C19H24N4O4/c1-12(2)18-21-22-19(27-18)13-5-7-23(8-6-13)10-17(24)20-14-3-4-15-16(9-14)26-11-25-15/h3-4,9,12-13H,5-8,10-11H2,1-2H3,(H,20,24). The third-order valence-electron chi connectivity index (χ3n) is 4.91. The van der Waals surface area contributed by atoms with Crippen molar-refractivity contribution >= 4 is 11.6 Å². The van der Waals surface area contributed by atoms with Gasteiger partial charge in [-0.3, -0.25) is 9.69 Å². The van der Waals surface area contributed by atoms with Crippen LogP contribution in [0.1, 0.15) is 50.3 Å². The highest BCUT2D eigenvalue weighted by Crippen LogP contribution is 2.34. The SMILES string of the molecule is CC(C)c1nnc(C2CCN(CC(=O)Nc3ccc4c(c3)OCO4)CC2)o1. The molecular formula is C19H24N4O4. The molecule has 1 aromatic heterocycles. The summed E-state index contributed by atoms with van der Waals surface area (Å²) in [7, 11) is 0. The average Bonchev–Trinajstić information content (AvgIpc) is 3.31. The van der Waals surface area contributed by atoms with Gasteiger partial charge in [0.15, 0.2) is 11.5 Å². The smallest absolute Gasteiger partial charge is 0.238 e. The van der Waals surface area contributed by atoms with Crippen LogP contribution < -0.4 is 14.8 Å². The fourth-order valence-corrected chi connectivity index (χ4v) is 3.36. The number of benzene rings is 1. The van der Waals surface area contributed by atoms with E-state index >= 15 is 0 Å². The lowest BCUT2D eigenvalue weighted by Crippen LogP contribution is -2.38. The Hall–Kier alpha value is -2.61. The Morgan fingerprint density at radius 2 is 2.00 bits per heavy atom. The third kappa shape index (κ3) is 4.05. The van der Waals surface area contributed by atoms with Gasteiger partial charge in [0.2, 0.25) is 24.5 Å². The summed E-state index contributed by atoms with van der Waals surface area (Å²) in [6, 6.07) is 5.41. The molecule has 2 aliphatic rings. The average molecular weight is 372 g/mol. The van der Waals surface area contributed by atoms with Crippen LogP contribution in [-0.2, 0) is 4.79 Å². The number of carbonyl (C=O) groups is 1. The van der Waals surface area contributed by atoms with Gasteiger partial charge in [0.05, 0.1) is 6.54 Å². The largest absolute Gasteiger partial charge is 0.454 e. The van der Waals surface area contributed by atoms with Crippen LogP contribution in [0, 0.1) is 0 Å². The number of piperidine rings is 1. The van der Waals surface area contributed by atoms with Gasteiger partial charge in [-0.2, -0.15) is 0 Å². The number of aromatic nitrogens is 2. The topological polar surface area (TPSA) is 89.7 Å². The molecule has 1 amide bonds. The molecule has 1 saturated heterocycles. The van der Waals surface area contributed by atoms with E-state index in [1.54, 1.807) is 12.1 Å². The molecule has 3 heterocycles. The van der Waals surface area contributed by atoms with Gasteiger partial charge >= 0.3 is 0 Å². The fraction of sp³-hybridized carbons (Fsp3) is 0.526. The number of rotatable bonds is 5. The van der Waals surface area contributed by atoms with Gasteiger partial charge in [0.25, 0.3) is 0 Å². The molecule has 1 N–H and O–H groups in total. The van der Waals surface area contributed by atoms with Gasteiger partial charge in [0, 0.05) is 23.6 Å². The molecule has 0 aliphatic carbocycles. The van der Waals surface area contributed by atoms with Crippen molar-refractivity contribution in [1.82, 2.24) is 15.1 Å². The van der Waals surface area contributed by atoms with E-state index in [4.69, 9.17) is 13.9 Å². The van der Waals surface area contributed by atoms with Crippen molar-refractivity contribution in [2.45, 2.75) is 38.5 Å². The molecule has 0 spiro atoms. The molecule has 2 aliphatic heterocycles. The molecule has 8 heteroatoms. The van der Waals surface area contributed by atoms with Crippen molar-refractivity contribution in [2.24, 2.45) is 0 Å². The van der Waals surface area contributed by atoms with Crippen LogP contribution in [-0.4, -0.2) is 47.4 Å². The van der Waals surface area contributed by atoms with Crippen LogP contribution in [0.4, 0.5) is 5.69 Å². The predicted molar refractivity (Wildman–Crippen MR) is 98.0 cm³/mol. The first-order chi connectivity index (χ1) is 13.1. The van der Waals surface area contributed by atoms with Gasteiger partial charge in [-0.25, -0.2) is 0 Å². The Kier molecular flexibility index (Phi) is 4.98. The summed E-state index contributed by atoms with van der Waals surface area (Å²) in [5.41, 5.74) is 0.714. The van der Waals surface area contributed by atoms with Crippen molar-refractivity contribution in [2.75, 3.05) is 31.7 Å². The molecule has 27 heavy (non-hydrogen) atoms. The first-order valence-corrected chi connectivity index (χ1v) is 9.33. The van der Waals surface area contributed by atoms with E-state index in [1.165, 1.54) is 0 Å². The molecule has 144 valence electrons. The van der Waals surface area contributed by atoms with E-state index in [9.17, 15) is 4.79 Å². The lowest BCUT2D eigenvalue weighted by Gasteiger charge is -2.29. The molecular weight excluding hydrogens is 348 g/mol. The number of nitrogens with one attached hydrogen (secondary N) is 1. The summed E-state index contributed by atoms with van der Waals surface area (Å²) in [5.74, 6) is 3.26. The highest BCUT2D eigenvalue weighted by Gasteiger charge is 2.26. The molecule has 2 aromatic rings. The van der Waals surface area contributed by atoms with E-state index in [-0.39, 0.29) is 24.5 Å². The minimum atomic E-state index is -0.0350. The second-order valence-corrected chi connectivity index (χ2v) is 7.30. The van der Waals surface area contributed by atoms with Crippen molar-refractivity contribution in [3.05, 3.63) is 30.0 Å². The number of ether oxygens (including phenoxy) is 2. The minimum Gasteiger partial charge on any atom is -0.454 e. The third-order valence-corrected chi connectivity index (χ3v) is 4.91. The van der Waals surface area contributed by atoms with Crippen molar-refractivity contribution in [1.29, 1.82) is 0 Å². The quantitative estimate of drug-likeness (QED) is 0.863. The first-order valence-electron chi connectivity index (χ1n) is 9.33. The molecule has 0 atom stereocenters. The number of amides is 1. The summed E-state index contributed by atoms with van der Waals surface area (Å²) in [6.45, 7) is 6.33. The van der Waals surface area contributed by atoms with E-state index in [1.807, 2.05) is 19.9 Å². The monoisotopic (exact) mass is 372 g/mol. The molecule has 4 rings (SSSR count). The van der Waals surface area contributed by atoms with Crippen LogP contribution in [0.15, 0.2) is 22.6 Å². The van der Waals surface area contributed by atoms with Crippen molar-refractivity contribution in [3.63, 3.8) is 0 Å². The van der Waals surface area contributed by atoms with Crippen molar-refractivity contribution in [3.8, 4) is 11.5 Å². The zero-order valence-electron chi connectivity index (χ0n) is 15.6. The van der Waals surface area contributed by atoms with E-state index < -0.39 is 0 Å². The number of anilines is 1. The van der Waals surface area contributed by atoms with Gasteiger partial charge < -0.3 is 19.2 Å². The molecule has 8 nitrogen and oxygen atoms in total. The first kappa shape index (κ1) is 17.8. The maximum atomic E-state index is 12.3. The van der Waals surface area contributed by atoms with Crippen LogP contribution in [0.5, 0.6) is 11.5 Å². The molecule has 0 saturated carbocycles. The number of likely N-dealkylation sites (tertiary alicyclic amines) is 1. The van der Waals surface area contributed by atoms with E-state index in [0.29, 0.717) is 29.6 Å². The van der Waals surface area contributed by atoms with Crippen LogP contribution in [0.3, 0.4) is 0 Å². The Morgan fingerprint density at radius 3 is 2.74 bits per heavy atom. The predicted octanol–water partition coefficient (Wildman–Crippen LogP) is 2.74. The van der Waals surface area contributed by atoms with Crippen LogP contribution in [0.25, 0.3) is 0 Å². The van der Waals surface area contributed by atoms with E-state index in [0.717, 1.165) is 31.8 Å². The van der Waals surface area contributed by atoms with Crippen molar-refractivity contribution < 1.29 is 18.7 Å². The van der Waals surface area contributed by atoms with Crippen LogP contribution in [0.2, 0.25) is 0 Å². The second-order valence-electron chi connectivity index (χ2n) is 7.30. The summed E-state index contributed by atoms with van der Waals surface area (Å²) in [4.78, 5) is 14.5. The maximum Gasteiger partial charge on any atom is 0.238 e. The molecule has 0 radical (unpaired) electrons. The lowest BCUT2D eigenvalue weighted by molar-refractivity contribution is -0.117. The summed E-state index contributed by atoms with van der Waals surface area (Å²) >= 11 is 0. The lowest BCUT2D eigenvalue weighted by atomic mass is 9.97. The minimum absolute atomic E-state index is 0.0350. The number of nitrogens with zero attached hydrogens (tertiary/aromatic N) is 3. The van der Waals surface area contributed by atoms with Gasteiger partial charge in [-0.05, 0) is 38.1 Å². The highest BCUT2D eigenvalue weighted by atomic mass is 16.7. The molecule has 1 fully saturated rings. The van der Waals surface area contributed by atoms with E-state index in [2.05, 4.69) is 20.4 Å². The second kappa shape index (κ2) is 7.56. The molecule has 1 aromatic carbocycles. The van der Waals surface area contributed by atoms with Crippen LogP contribution >= 0.6 is 0 Å². The zero-order chi connectivity index (χ0) is 18.8. The Bertz CT molecular complexity index is 812. The number of hydrogen-bond acceptors (Lipinski definition) is 7. The summed E-state index contributed by atoms with van der Waals surface area (Å²) in [5, 5.41) is 11.2. The normalized spacial score (nSPS) is 17.4. The van der Waals surface area contributed by atoms with Gasteiger partial charge in [-0.1, -0.05) is 13.8 Å². The zero-order valence-corrected chi connectivity index (χ0v) is 15.6. The van der Waals surface area contributed by atoms with Gasteiger partial charge in [0.1, 0.15) is 0 Å². The fourth-order valence-electron chi connectivity index (χ4n) is 3.36. The maximum absolute atomic E-state index is 12.3. The molecule has 0 unspecified atom stereocenters. The Balaban J connectivity index is 1.26. The summed E-state index contributed by atoms with van der Waals surface area (Å²) < 4.78 is 16.4. The van der Waals surface area contributed by atoms with Gasteiger partial charge in [-0.15, -0.1) is 10.2 Å². The Morgan fingerprint density at radius 1 is 1.22 bits per heavy atom.